The van der Waals surface area contributed by atoms with Crippen molar-refractivity contribution in [3.8, 4) is 0 Å². The molecule has 0 saturated heterocycles. The predicted molar refractivity (Wildman–Crippen MR) is 101 cm³/mol. The fraction of sp³-hybridized carbons (Fsp3) is 0.100. The van der Waals surface area contributed by atoms with Gasteiger partial charge in [-0.25, -0.2) is 4.79 Å². The minimum Gasteiger partial charge on any atom is -0.449 e. The Labute approximate surface area is 149 Å². The summed E-state index contributed by atoms with van der Waals surface area (Å²) < 4.78 is 5.16. The van der Waals surface area contributed by atoms with Crippen LogP contribution in [-0.4, -0.2) is 18.0 Å². The summed E-state index contributed by atoms with van der Waals surface area (Å²) >= 11 is 1.52. The SMILES string of the molecule is CC(OC(=O)/C=C/c1cccs1)C(=O)Nc1cccc2ccccc12. The van der Waals surface area contributed by atoms with Crippen molar-refractivity contribution >= 4 is 45.7 Å². The summed E-state index contributed by atoms with van der Waals surface area (Å²) in [6.45, 7) is 1.55. The van der Waals surface area contributed by atoms with Crippen LogP contribution in [0.15, 0.2) is 66.1 Å². The Morgan fingerprint density at radius 2 is 1.88 bits per heavy atom. The van der Waals surface area contributed by atoms with Crippen LogP contribution < -0.4 is 5.32 Å². The van der Waals surface area contributed by atoms with Crippen LogP contribution in [0.25, 0.3) is 16.8 Å². The molecule has 1 amide bonds. The zero-order valence-corrected chi connectivity index (χ0v) is 14.5. The lowest BCUT2D eigenvalue weighted by atomic mass is 10.1. The molecule has 25 heavy (non-hydrogen) atoms. The average molecular weight is 351 g/mol. The van der Waals surface area contributed by atoms with Crippen LogP contribution >= 0.6 is 11.3 Å². The number of hydrogen-bond acceptors (Lipinski definition) is 4. The topological polar surface area (TPSA) is 55.4 Å². The molecule has 0 radical (unpaired) electrons. The molecule has 4 nitrogen and oxygen atoms in total. The molecule has 0 bridgehead atoms. The molecule has 0 aliphatic rings. The summed E-state index contributed by atoms with van der Waals surface area (Å²) in [7, 11) is 0. The van der Waals surface area contributed by atoms with Crippen LogP contribution in [0.3, 0.4) is 0 Å². The van der Waals surface area contributed by atoms with E-state index < -0.39 is 12.1 Å². The lowest BCUT2D eigenvalue weighted by Gasteiger charge is -2.13. The van der Waals surface area contributed by atoms with Crippen molar-refractivity contribution in [1.82, 2.24) is 0 Å². The summed E-state index contributed by atoms with van der Waals surface area (Å²) in [5, 5.41) is 6.71. The highest BCUT2D eigenvalue weighted by Gasteiger charge is 2.17. The Morgan fingerprint density at radius 1 is 1.08 bits per heavy atom. The van der Waals surface area contributed by atoms with Crippen molar-refractivity contribution in [2.45, 2.75) is 13.0 Å². The first-order valence-electron chi connectivity index (χ1n) is 7.84. The maximum Gasteiger partial charge on any atom is 0.331 e. The largest absolute Gasteiger partial charge is 0.449 e. The van der Waals surface area contributed by atoms with Gasteiger partial charge in [0.05, 0.1) is 0 Å². The summed E-state index contributed by atoms with van der Waals surface area (Å²) in [4.78, 5) is 25.1. The van der Waals surface area contributed by atoms with Gasteiger partial charge in [-0.1, -0.05) is 42.5 Å². The molecule has 1 atom stereocenters. The fourth-order valence-electron chi connectivity index (χ4n) is 2.37. The Bertz CT molecular complexity index is 910. The van der Waals surface area contributed by atoms with Crippen LogP contribution in [0.2, 0.25) is 0 Å². The van der Waals surface area contributed by atoms with E-state index in [1.807, 2.05) is 60.0 Å². The molecule has 0 fully saturated rings. The quantitative estimate of drug-likeness (QED) is 0.544. The second-order valence-corrected chi connectivity index (χ2v) is 6.42. The molecule has 0 aliphatic heterocycles. The highest BCUT2D eigenvalue weighted by atomic mass is 32.1. The van der Waals surface area contributed by atoms with Crippen LogP contribution in [0, 0.1) is 0 Å². The minimum absolute atomic E-state index is 0.366. The number of esters is 1. The van der Waals surface area contributed by atoms with E-state index in [0.717, 1.165) is 15.6 Å². The van der Waals surface area contributed by atoms with Gasteiger partial charge in [-0.15, -0.1) is 11.3 Å². The molecule has 0 aliphatic carbocycles. The van der Waals surface area contributed by atoms with Crippen molar-refractivity contribution in [2.24, 2.45) is 0 Å². The van der Waals surface area contributed by atoms with E-state index in [1.165, 1.54) is 17.4 Å². The average Bonchev–Trinajstić information content (AvgIpc) is 3.14. The standard InChI is InChI=1S/C20H17NO3S/c1-14(24-19(22)12-11-16-8-5-13-25-16)20(23)21-18-10-4-7-15-6-2-3-9-17(15)18/h2-14H,1H3,(H,21,23)/b12-11+. The van der Waals surface area contributed by atoms with Gasteiger partial charge in [-0.2, -0.15) is 0 Å². The second kappa shape index (κ2) is 7.77. The highest BCUT2D eigenvalue weighted by Crippen LogP contribution is 2.23. The summed E-state index contributed by atoms with van der Waals surface area (Å²) in [6.07, 6.45) is 2.11. The number of anilines is 1. The van der Waals surface area contributed by atoms with E-state index in [0.29, 0.717) is 5.69 Å². The third kappa shape index (κ3) is 4.33. The van der Waals surface area contributed by atoms with Gasteiger partial charge in [0.15, 0.2) is 6.10 Å². The zero-order valence-electron chi connectivity index (χ0n) is 13.6. The highest BCUT2D eigenvalue weighted by molar-refractivity contribution is 7.10. The van der Waals surface area contributed by atoms with Crippen molar-refractivity contribution < 1.29 is 14.3 Å². The smallest absolute Gasteiger partial charge is 0.331 e. The third-order valence-electron chi connectivity index (χ3n) is 3.64. The summed E-state index contributed by atoms with van der Waals surface area (Å²) in [6, 6.07) is 17.2. The van der Waals surface area contributed by atoms with E-state index in [4.69, 9.17) is 4.74 Å². The number of fused-ring (bicyclic) bond motifs is 1. The minimum atomic E-state index is -0.889. The Hall–Kier alpha value is -2.92. The molecule has 2 aromatic carbocycles. The molecule has 3 aromatic rings. The third-order valence-corrected chi connectivity index (χ3v) is 4.47. The van der Waals surface area contributed by atoms with E-state index in [-0.39, 0.29) is 5.91 Å². The number of carbonyl (C=O) groups excluding carboxylic acids is 2. The van der Waals surface area contributed by atoms with E-state index in [9.17, 15) is 9.59 Å². The zero-order chi connectivity index (χ0) is 17.6. The first kappa shape index (κ1) is 16.9. The molecular weight excluding hydrogens is 334 g/mol. The van der Waals surface area contributed by atoms with Gasteiger partial charge in [-0.3, -0.25) is 4.79 Å². The number of carbonyl (C=O) groups is 2. The Balaban J connectivity index is 1.63. The number of amides is 1. The maximum atomic E-state index is 12.3. The molecule has 3 rings (SSSR count). The molecule has 1 N–H and O–H groups in total. The Kier molecular flexibility index (Phi) is 5.26. The van der Waals surface area contributed by atoms with Gasteiger partial charge >= 0.3 is 5.97 Å². The molecule has 126 valence electrons. The fourth-order valence-corrected chi connectivity index (χ4v) is 2.99. The van der Waals surface area contributed by atoms with Crippen molar-refractivity contribution in [2.75, 3.05) is 5.32 Å². The normalized spacial score (nSPS) is 12.2. The first-order valence-corrected chi connectivity index (χ1v) is 8.72. The molecule has 5 heteroatoms. The molecule has 1 aromatic heterocycles. The summed E-state index contributed by atoms with van der Waals surface area (Å²) in [5.74, 6) is -0.914. The van der Waals surface area contributed by atoms with E-state index >= 15 is 0 Å². The van der Waals surface area contributed by atoms with Crippen LogP contribution in [0.1, 0.15) is 11.8 Å². The van der Waals surface area contributed by atoms with Crippen LogP contribution in [0.5, 0.6) is 0 Å². The first-order chi connectivity index (χ1) is 12.1. The van der Waals surface area contributed by atoms with Crippen LogP contribution in [-0.2, 0) is 14.3 Å². The van der Waals surface area contributed by atoms with Gasteiger partial charge < -0.3 is 10.1 Å². The van der Waals surface area contributed by atoms with Crippen LogP contribution in [0.4, 0.5) is 5.69 Å². The lowest BCUT2D eigenvalue weighted by Crippen LogP contribution is -2.29. The number of rotatable bonds is 5. The number of nitrogens with one attached hydrogen (secondary N) is 1. The molecular formula is C20H17NO3S. The number of hydrogen-bond donors (Lipinski definition) is 1. The van der Waals surface area contributed by atoms with Crippen molar-refractivity contribution in [3.05, 3.63) is 70.9 Å². The molecule has 1 unspecified atom stereocenters. The van der Waals surface area contributed by atoms with E-state index in [2.05, 4.69) is 5.32 Å². The van der Waals surface area contributed by atoms with Gasteiger partial charge in [0.25, 0.3) is 5.91 Å². The molecule has 0 spiro atoms. The van der Waals surface area contributed by atoms with Gasteiger partial charge in [0.2, 0.25) is 0 Å². The van der Waals surface area contributed by atoms with Gasteiger partial charge in [0.1, 0.15) is 0 Å². The number of benzene rings is 2. The molecule has 0 saturated carbocycles. The monoisotopic (exact) mass is 351 g/mol. The number of thiophene rings is 1. The lowest BCUT2D eigenvalue weighted by molar-refractivity contribution is -0.148. The van der Waals surface area contributed by atoms with Gasteiger partial charge in [0, 0.05) is 22.0 Å². The Morgan fingerprint density at radius 3 is 2.68 bits per heavy atom. The maximum absolute atomic E-state index is 12.3. The van der Waals surface area contributed by atoms with Crippen molar-refractivity contribution in [3.63, 3.8) is 0 Å². The predicted octanol–water partition coefficient (Wildman–Crippen LogP) is 4.48. The second-order valence-electron chi connectivity index (χ2n) is 5.44. The number of ether oxygens (including phenoxy) is 1. The molecule has 1 heterocycles. The summed E-state index contributed by atoms with van der Waals surface area (Å²) in [5.41, 5.74) is 0.695. The van der Waals surface area contributed by atoms with Gasteiger partial charge in [-0.05, 0) is 35.9 Å². The van der Waals surface area contributed by atoms with E-state index in [1.54, 1.807) is 13.0 Å². The van der Waals surface area contributed by atoms with Crippen molar-refractivity contribution in [1.29, 1.82) is 0 Å².